The Morgan fingerprint density at radius 2 is 0.990 bits per heavy atom. The maximum Gasteiger partial charge on any atom is 0.248 e. The highest BCUT2D eigenvalue weighted by atomic mass is 16.3. The molecule has 0 unspecified atom stereocenters. The Balaban J connectivity index is 1.42. The van der Waals surface area contributed by atoms with Crippen LogP contribution in [0.15, 0.2) is 121 Å². The molecule has 0 aromatic heterocycles. The summed E-state index contributed by atoms with van der Waals surface area (Å²) in [6.45, 7) is 12.7. The normalized spacial score (nSPS) is 22.7. The van der Waals surface area contributed by atoms with Gasteiger partial charge in [0.1, 0.15) is 66.5 Å². The first-order valence-electron chi connectivity index (χ1n) is 35.7. The molecule has 2 aliphatic rings. The summed E-state index contributed by atoms with van der Waals surface area (Å²) >= 11 is 0. The van der Waals surface area contributed by atoms with Crippen molar-refractivity contribution in [3.8, 4) is 0 Å². The van der Waals surface area contributed by atoms with Gasteiger partial charge in [-0.3, -0.25) is 62.3 Å². The molecule has 12 atom stereocenters. The van der Waals surface area contributed by atoms with Gasteiger partial charge in [-0.15, -0.1) is 0 Å². The van der Waals surface area contributed by atoms with E-state index in [0.717, 1.165) is 34.0 Å². The van der Waals surface area contributed by atoms with E-state index in [1.807, 2.05) is 13.8 Å². The van der Waals surface area contributed by atoms with E-state index in [-0.39, 0.29) is 43.9 Å². The third-order valence-electron chi connectivity index (χ3n) is 19.5. The third-order valence-corrected chi connectivity index (χ3v) is 19.5. The van der Waals surface area contributed by atoms with E-state index < -0.39 is 162 Å². The summed E-state index contributed by atoms with van der Waals surface area (Å²) in [6.07, 6.45) is -0.195. The number of hydrogen-bond donors (Lipinski definition) is 7. The fourth-order valence-electron chi connectivity index (χ4n) is 12.9. The molecular weight excluding hydrogens is 1330 g/mol. The molecular formula is C77H107N13O14. The van der Waals surface area contributed by atoms with Crippen LogP contribution < -0.4 is 31.9 Å². The lowest BCUT2D eigenvalue weighted by Gasteiger charge is -2.38. The van der Waals surface area contributed by atoms with Crippen molar-refractivity contribution < 1.29 is 67.4 Å². The standard InChI is InChI=1S/C77H107N13O14/c1-47(2)40-58-68(95)78-46-64(93)81-57(73(100)88(13)61(43-55-34-24-17-25-35-55)74(101)87(12)59(41-53-30-20-15-21-31-53)69(96)80-50(6)71(98)90-38-28-19-29-39-90)45-63(92)79-49(5)67(94)83-66(52(8)91)77(104)84(9)51(7)72(99)85(10)60(42-54-32-22-16-23-33-54)70(97)82-65(48(3)4)76(103)89(14)62(75(102)86(58)11)44-56-36-26-18-27-37-56/h15-18,20-27,30-37,47-52,57-62,65-66,91H,19,28-29,38-46H2,1-14H3,(H,78,95)(H,79,92)(H,80,96)(H,81,93)(H,82,97)(H,83,94)/t49-,50-,51-,52+,57-,58-,59-,60-,61-,62-,65-,66-/m0/s1. The minimum Gasteiger partial charge on any atom is -0.391 e. The molecule has 0 bridgehead atoms. The zero-order chi connectivity index (χ0) is 76.8. The highest BCUT2D eigenvalue weighted by Crippen LogP contribution is 2.23. The van der Waals surface area contributed by atoms with Gasteiger partial charge in [0.05, 0.1) is 19.1 Å². The molecule has 2 saturated heterocycles. The van der Waals surface area contributed by atoms with Crippen LogP contribution in [0.25, 0.3) is 0 Å². The molecule has 104 heavy (non-hydrogen) atoms. The summed E-state index contributed by atoms with van der Waals surface area (Å²) in [5.74, 6) is -11.3. The molecule has 0 saturated carbocycles. The van der Waals surface area contributed by atoms with E-state index in [2.05, 4.69) is 31.9 Å². The van der Waals surface area contributed by atoms with Crippen molar-refractivity contribution in [2.75, 3.05) is 61.9 Å². The van der Waals surface area contributed by atoms with Gasteiger partial charge >= 0.3 is 0 Å². The minimum atomic E-state index is -1.88. The van der Waals surface area contributed by atoms with Gasteiger partial charge in [-0.05, 0) is 87.5 Å². The molecule has 13 amide bonds. The second-order valence-corrected chi connectivity index (χ2v) is 28.2. The van der Waals surface area contributed by atoms with Crippen LogP contribution in [0.5, 0.6) is 0 Å². The number of amides is 13. The zero-order valence-corrected chi connectivity index (χ0v) is 62.5. The highest BCUT2D eigenvalue weighted by Gasteiger charge is 2.44. The van der Waals surface area contributed by atoms with Gasteiger partial charge in [0.2, 0.25) is 76.8 Å². The van der Waals surface area contributed by atoms with Gasteiger partial charge in [0, 0.05) is 81.1 Å². The van der Waals surface area contributed by atoms with Crippen molar-refractivity contribution in [3.63, 3.8) is 0 Å². The topological polar surface area (TPSA) is 337 Å². The number of aliphatic hydroxyl groups is 1. The zero-order valence-electron chi connectivity index (χ0n) is 62.5. The molecule has 4 aromatic rings. The van der Waals surface area contributed by atoms with E-state index >= 15 is 19.2 Å². The van der Waals surface area contributed by atoms with Crippen molar-refractivity contribution >= 4 is 76.8 Å². The van der Waals surface area contributed by atoms with Gasteiger partial charge in [-0.2, -0.15) is 0 Å². The Labute approximate surface area is 610 Å². The number of nitrogens with zero attached hydrogens (tertiary/aromatic N) is 7. The van der Waals surface area contributed by atoms with Gasteiger partial charge in [0.25, 0.3) is 0 Å². The molecule has 27 heteroatoms. The van der Waals surface area contributed by atoms with Gasteiger partial charge in [0.15, 0.2) is 0 Å². The minimum absolute atomic E-state index is 0.0205. The van der Waals surface area contributed by atoms with Crippen molar-refractivity contribution in [1.29, 1.82) is 0 Å². The maximum atomic E-state index is 15.5. The number of carbonyl (C=O) groups excluding carboxylic acids is 13. The molecule has 6 rings (SSSR count). The fourth-order valence-corrected chi connectivity index (χ4v) is 12.9. The van der Waals surface area contributed by atoms with Crippen molar-refractivity contribution in [2.45, 2.75) is 186 Å². The van der Waals surface area contributed by atoms with E-state index in [1.165, 1.54) is 77.8 Å². The number of hydrogen-bond acceptors (Lipinski definition) is 14. The molecule has 0 aliphatic carbocycles. The van der Waals surface area contributed by atoms with Crippen molar-refractivity contribution in [2.24, 2.45) is 11.8 Å². The molecule has 2 aliphatic heterocycles. The number of rotatable bonds is 19. The lowest BCUT2D eigenvalue weighted by atomic mass is 9.96. The van der Waals surface area contributed by atoms with Crippen LogP contribution in [0.4, 0.5) is 0 Å². The molecule has 27 nitrogen and oxygen atoms in total. The molecule has 2 heterocycles. The monoisotopic (exact) mass is 1440 g/mol. The van der Waals surface area contributed by atoms with Crippen molar-refractivity contribution in [3.05, 3.63) is 144 Å². The number of benzene rings is 4. The summed E-state index contributed by atoms with van der Waals surface area (Å²) in [5, 5.41) is 27.0. The summed E-state index contributed by atoms with van der Waals surface area (Å²) < 4.78 is 0. The van der Waals surface area contributed by atoms with Crippen LogP contribution >= 0.6 is 0 Å². The second kappa shape index (κ2) is 39.0. The first-order chi connectivity index (χ1) is 49.2. The first-order valence-corrected chi connectivity index (χ1v) is 35.7. The van der Waals surface area contributed by atoms with Crippen LogP contribution in [-0.2, 0) is 88.0 Å². The Morgan fingerprint density at radius 3 is 1.50 bits per heavy atom. The average molecular weight is 1440 g/mol. The van der Waals surface area contributed by atoms with Gasteiger partial charge in [-0.1, -0.05) is 149 Å². The predicted octanol–water partition coefficient (Wildman–Crippen LogP) is 2.02. The SMILES string of the molecule is CC(C)C[C@H]1C(=O)NCC(=O)N[C@H](C(=O)N(C)[C@@H](Cc2ccccc2)C(=O)N(C)[C@@H](Cc2ccccc2)C(=O)N[C@@H](C)C(=O)N2CCCCC2)CC(=O)N[C@@H](C)C(=O)N[C@@H]([C@@H](C)O)C(=O)N(C)[C@@H](C)C(=O)N(C)[C@@H](Cc2ccccc2)C(=O)N[C@@H](C(C)C)C(=O)N(C)[C@@H](Cc2ccccc2)C(=O)N1C. The number of likely N-dealkylation sites (tertiary alicyclic amines) is 1. The summed E-state index contributed by atoms with van der Waals surface area (Å²) in [6, 6.07) is 19.7. The predicted molar refractivity (Wildman–Crippen MR) is 391 cm³/mol. The van der Waals surface area contributed by atoms with Crippen LogP contribution in [0.3, 0.4) is 0 Å². The van der Waals surface area contributed by atoms with E-state index in [4.69, 9.17) is 0 Å². The highest BCUT2D eigenvalue weighted by molar-refractivity contribution is 6.01. The van der Waals surface area contributed by atoms with E-state index in [1.54, 1.807) is 147 Å². The molecule has 564 valence electrons. The lowest BCUT2D eigenvalue weighted by molar-refractivity contribution is -0.151. The number of piperidine rings is 1. The Bertz CT molecular complexity index is 3620. The molecule has 4 aromatic carbocycles. The maximum absolute atomic E-state index is 15.5. The van der Waals surface area contributed by atoms with Crippen LogP contribution in [-0.4, -0.2) is 251 Å². The summed E-state index contributed by atoms with van der Waals surface area (Å²) in [4.78, 5) is 200. The largest absolute Gasteiger partial charge is 0.391 e. The van der Waals surface area contributed by atoms with Crippen LogP contribution in [0.2, 0.25) is 0 Å². The van der Waals surface area contributed by atoms with E-state index in [9.17, 15) is 48.3 Å². The number of likely N-dealkylation sites (N-methyl/N-ethyl adjacent to an activating group) is 6. The van der Waals surface area contributed by atoms with Crippen molar-refractivity contribution in [1.82, 2.24) is 66.2 Å². The summed E-state index contributed by atoms with van der Waals surface area (Å²) in [5.41, 5.74) is 2.51. The number of carbonyl (C=O) groups is 13. The molecule has 7 N–H and O–H groups in total. The van der Waals surface area contributed by atoms with Crippen LogP contribution in [0, 0.1) is 11.8 Å². The Morgan fingerprint density at radius 1 is 0.519 bits per heavy atom. The number of aliphatic hydroxyl groups excluding tert-OH is 1. The summed E-state index contributed by atoms with van der Waals surface area (Å²) in [7, 11) is 8.13. The van der Waals surface area contributed by atoms with E-state index in [0.29, 0.717) is 35.3 Å². The lowest BCUT2D eigenvalue weighted by Crippen LogP contribution is -2.62. The second-order valence-electron chi connectivity index (χ2n) is 28.2. The average Bonchev–Trinajstić information content (AvgIpc) is 0.817. The smallest absolute Gasteiger partial charge is 0.248 e. The third kappa shape index (κ3) is 22.7. The Kier molecular flexibility index (Phi) is 31.1. The Hall–Kier alpha value is -10.1. The molecule has 0 spiro atoms. The number of nitrogens with one attached hydrogen (secondary N) is 6. The van der Waals surface area contributed by atoms with Gasteiger partial charge in [-0.25, -0.2) is 0 Å². The van der Waals surface area contributed by atoms with Crippen LogP contribution in [0.1, 0.15) is 110 Å². The first kappa shape index (κ1) is 82.9. The quantitative estimate of drug-likeness (QED) is 0.0707. The molecule has 0 radical (unpaired) electrons. The molecule has 2 fully saturated rings. The fraction of sp³-hybridized carbons (Fsp3) is 0.519. The van der Waals surface area contributed by atoms with Gasteiger partial charge < -0.3 is 71.3 Å².